The summed E-state index contributed by atoms with van der Waals surface area (Å²) in [6.07, 6.45) is 1.77. The maximum absolute atomic E-state index is 13.2. The minimum atomic E-state index is -0.545. The molecule has 0 radical (unpaired) electrons. The number of carbonyl (C=O) groups is 2. The topological polar surface area (TPSA) is 78.4 Å². The van der Waals surface area contributed by atoms with Gasteiger partial charge in [0.05, 0.1) is 0 Å². The highest BCUT2D eigenvalue weighted by Gasteiger charge is 2.31. The molecule has 1 N–H and O–H groups in total. The molecule has 0 aliphatic carbocycles. The van der Waals surface area contributed by atoms with Gasteiger partial charge < -0.3 is 15.1 Å². The Morgan fingerprint density at radius 3 is 2.43 bits per heavy atom. The Kier molecular flexibility index (Phi) is 5.94. The SMILES string of the molecule is CC(C)C(NC(=O)c1ccccc1)C(=O)N1CCN(c2nc3cccnc3s2)CC1. The number of nitrogens with one attached hydrogen (secondary N) is 1. The number of rotatable bonds is 5. The van der Waals surface area contributed by atoms with Gasteiger partial charge in [0, 0.05) is 37.9 Å². The molecular formula is C22H25N5O2S. The third kappa shape index (κ3) is 4.28. The molecule has 1 aliphatic heterocycles. The van der Waals surface area contributed by atoms with Gasteiger partial charge in [-0.25, -0.2) is 9.97 Å². The van der Waals surface area contributed by atoms with Crippen molar-refractivity contribution in [1.82, 2.24) is 20.2 Å². The molecule has 1 atom stereocenters. The lowest BCUT2D eigenvalue weighted by Gasteiger charge is -2.37. The molecule has 0 saturated carbocycles. The number of fused-ring (bicyclic) bond motifs is 1. The number of hydrogen-bond acceptors (Lipinski definition) is 6. The molecular weight excluding hydrogens is 398 g/mol. The second kappa shape index (κ2) is 8.79. The molecule has 2 aromatic heterocycles. The number of hydrogen-bond donors (Lipinski definition) is 1. The van der Waals surface area contributed by atoms with Crippen LogP contribution in [0.2, 0.25) is 0 Å². The van der Waals surface area contributed by atoms with Crippen molar-refractivity contribution in [2.24, 2.45) is 5.92 Å². The number of amides is 2. The minimum Gasteiger partial charge on any atom is -0.344 e. The molecule has 3 heterocycles. The predicted octanol–water partition coefficient (Wildman–Crippen LogP) is 2.79. The predicted molar refractivity (Wildman–Crippen MR) is 119 cm³/mol. The molecule has 2 amide bonds. The molecule has 3 aromatic rings. The Morgan fingerprint density at radius 2 is 1.77 bits per heavy atom. The first-order valence-corrected chi connectivity index (χ1v) is 11.0. The van der Waals surface area contributed by atoms with Gasteiger partial charge in [0.1, 0.15) is 16.4 Å². The first kappa shape index (κ1) is 20.3. The van der Waals surface area contributed by atoms with E-state index in [1.165, 1.54) is 0 Å². The van der Waals surface area contributed by atoms with Crippen LogP contribution in [0.3, 0.4) is 0 Å². The van der Waals surface area contributed by atoms with E-state index in [1.54, 1.807) is 29.7 Å². The number of thiazole rings is 1. The summed E-state index contributed by atoms with van der Waals surface area (Å²) in [7, 11) is 0. The fraction of sp³-hybridized carbons (Fsp3) is 0.364. The van der Waals surface area contributed by atoms with Crippen LogP contribution in [0.5, 0.6) is 0 Å². The summed E-state index contributed by atoms with van der Waals surface area (Å²) in [6.45, 7) is 6.54. The van der Waals surface area contributed by atoms with E-state index in [0.717, 1.165) is 15.5 Å². The van der Waals surface area contributed by atoms with E-state index in [4.69, 9.17) is 0 Å². The van der Waals surface area contributed by atoms with Crippen molar-refractivity contribution < 1.29 is 9.59 Å². The summed E-state index contributed by atoms with van der Waals surface area (Å²) < 4.78 is 0. The summed E-state index contributed by atoms with van der Waals surface area (Å²) in [5.74, 6) is -0.248. The van der Waals surface area contributed by atoms with Crippen LogP contribution < -0.4 is 10.2 Å². The van der Waals surface area contributed by atoms with Crippen molar-refractivity contribution in [2.75, 3.05) is 31.1 Å². The largest absolute Gasteiger partial charge is 0.344 e. The van der Waals surface area contributed by atoms with Gasteiger partial charge in [-0.15, -0.1) is 0 Å². The molecule has 8 heteroatoms. The highest BCUT2D eigenvalue weighted by atomic mass is 32.1. The van der Waals surface area contributed by atoms with E-state index >= 15 is 0 Å². The molecule has 1 aromatic carbocycles. The zero-order valence-electron chi connectivity index (χ0n) is 17.1. The van der Waals surface area contributed by atoms with Crippen molar-refractivity contribution in [3.8, 4) is 0 Å². The number of pyridine rings is 1. The Morgan fingerprint density at radius 1 is 1.03 bits per heavy atom. The highest BCUT2D eigenvalue weighted by molar-refractivity contribution is 7.21. The van der Waals surface area contributed by atoms with Gasteiger partial charge in [0.2, 0.25) is 5.91 Å². The first-order chi connectivity index (χ1) is 14.5. The number of nitrogens with zero attached hydrogens (tertiary/aromatic N) is 4. The Hall–Kier alpha value is -3.00. The lowest BCUT2D eigenvalue weighted by molar-refractivity contribution is -0.134. The first-order valence-electron chi connectivity index (χ1n) is 10.1. The van der Waals surface area contributed by atoms with Crippen LogP contribution in [0.15, 0.2) is 48.7 Å². The lowest BCUT2D eigenvalue weighted by atomic mass is 10.0. The van der Waals surface area contributed by atoms with Crippen molar-refractivity contribution in [2.45, 2.75) is 19.9 Å². The van der Waals surface area contributed by atoms with Crippen molar-refractivity contribution >= 4 is 38.6 Å². The van der Waals surface area contributed by atoms with Gasteiger partial charge >= 0.3 is 0 Å². The second-order valence-corrected chi connectivity index (χ2v) is 8.65. The number of piperazine rings is 1. The number of benzene rings is 1. The summed E-state index contributed by atoms with van der Waals surface area (Å²) in [5, 5.41) is 3.87. The van der Waals surface area contributed by atoms with E-state index in [-0.39, 0.29) is 17.7 Å². The maximum Gasteiger partial charge on any atom is 0.251 e. The van der Waals surface area contributed by atoms with Gasteiger partial charge in [-0.3, -0.25) is 9.59 Å². The molecule has 156 valence electrons. The van der Waals surface area contributed by atoms with Gasteiger partial charge in [-0.2, -0.15) is 0 Å². The minimum absolute atomic E-state index is 0.00136. The maximum atomic E-state index is 13.2. The normalized spacial score (nSPS) is 15.4. The van der Waals surface area contributed by atoms with E-state index < -0.39 is 6.04 Å². The molecule has 0 spiro atoms. The Balaban J connectivity index is 1.39. The van der Waals surface area contributed by atoms with E-state index in [1.807, 2.05) is 49.1 Å². The average molecular weight is 424 g/mol. The van der Waals surface area contributed by atoms with Crippen LogP contribution >= 0.6 is 11.3 Å². The average Bonchev–Trinajstić information content (AvgIpc) is 3.21. The van der Waals surface area contributed by atoms with Gasteiger partial charge in [-0.1, -0.05) is 43.4 Å². The van der Waals surface area contributed by atoms with Gasteiger partial charge in [0.15, 0.2) is 5.13 Å². The van der Waals surface area contributed by atoms with E-state index in [2.05, 4.69) is 20.2 Å². The molecule has 1 fully saturated rings. The number of anilines is 1. The third-order valence-electron chi connectivity index (χ3n) is 5.27. The molecule has 4 rings (SSSR count). The van der Waals surface area contributed by atoms with Crippen LogP contribution in [-0.2, 0) is 4.79 Å². The van der Waals surface area contributed by atoms with Crippen molar-refractivity contribution in [3.05, 3.63) is 54.2 Å². The van der Waals surface area contributed by atoms with Crippen LogP contribution in [0.1, 0.15) is 24.2 Å². The van der Waals surface area contributed by atoms with Crippen LogP contribution in [-0.4, -0.2) is 58.9 Å². The fourth-order valence-electron chi connectivity index (χ4n) is 3.54. The third-order valence-corrected chi connectivity index (χ3v) is 6.31. The molecule has 1 unspecified atom stereocenters. The van der Waals surface area contributed by atoms with Crippen LogP contribution in [0, 0.1) is 5.92 Å². The molecule has 1 aliphatic rings. The second-order valence-electron chi connectivity index (χ2n) is 7.70. The highest BCUT2D eigenvalue weighted by Crippen LogP contribution is 2.27. The molecule has 1 saturated heterocycles. The number of aromatic nitrogens is 2. The Bertz CT molecular complexity index is 995. The number of carbonyl (C=O) groups excluding carboxylic acids is 2. The molecule has 30 heavy (non-hydrogen) atoms. The molecule has 0 bridgehead atoms. The summed E-state index contributed by atoms with van der Waals surface area (Å²) in [5.41, 5.74) is 1.46. The van der Waals surface area contributed by atoms with Crippen molar-refractivity contribution in [3.63, 3.8) is 0 Å². The van der Waals surface area contributed by atoms with Crippen LogP contribution in [0.4, 0.5) is 5.13 Å². The van der Waals surface area contributed by atoms with E-state index in [9.17, 15) is 9.59 Å². The smallest absolute Gasteiger partial charge is 0.251 e. The van der Waals surface area contributed by atoms with Crippen molar-refractivity contribution in [1.29, 1.82) is 0 Å². The Labute approximate surface area is 179 Å². The fourth-order valence-corrected chi connectivity index (χ4v) is 4.50. The quantitative estimate of drug-likeness (QED) is 0.683. The van der Waals surface area contributed by atoms with E-state index in [0.29, 0.717) is 31.7 Å². The summed E-state index contributed by atoms with van der Waals surface area (Å²) >= 11 is 1.57. The van der Waals surface area contributed by atoms with Gasteiger partial charge in [0.25, 0.3) is 5.91 Å². The monoisotopic (exact) mass is 423 g/mol. The van der Waals surface area contributed by atoms with Crippen LogP contribution in [0.25, 0.3) is 10.3 Å². The standard InChI is InChI=1S/C22H25N5O2S/c1-15(2)18(25-19(28)16-7-4-3-5-8-16)21(29)26-11-13-27(14-12-26)22-24-17-9-6-10-23-20(17)30-22/h3-10,15,18H,11-14H2,1-2H3,(H,25,28). The summed E-state index contributed by atoms with van der Waals surface area (Å²) in [6, 6.07) is 12.3. The van der Waals surface area contributed by atoms with Gasteiger partial charge in [-0.05, 0) is 30.2 Å². The zero-order valence-corrected chi connectivity index (χ0v) is 17.9. The molecule has 7 nitrogen and oxygen atoms in total. The zero-order chi connectivity index (χ0) is 21.1. The summed E-state index contributed by atoms with van der Waals surface area (Å²) in [4.78, 5) is 39.7. The lowest BCUT2D eigenvalue weighted by Crippen LogP contribution is -2.56.